The molecule has 1 amide bonds. The second kappa shape index (κ2) is 10.2. The predicted octanol–water partition coefficient (Wildman–Crippen LogP) is 4.83. The zero-order valence-electron chi connectivity index (χ0n) is 18.0. The van der Waals surface area contributed by atoms with Crippen LogP contribution >= 0.6 is 11.3 Å². The smallest absolute Gasteiger partial charge is 0.248 e. The van der Waals surface area contributed by atoms with Gasteiger partial charge in [-0.25, -0.2) is 8.42 Å². The summed E-state index contributed by atoms with van der Waals surface area (Å²) in [5.41, 5.74) is 3.02. The van der Waals surface area contributed by atoms with Gasteiger partial charge in [0.05, 0.1) is 21.7 Å². The van der Waals surface area contributed by atoms with E-state index in [0.29, 0.717) is 17.3 Å². The van der Waals surface area contributed by atoms with E-state index in [2.05, 4.69) is 43.6 Å². The number of allylic oxidation sites excluding steroid dienone is 1. The van der Waals surface area contributed by atoms with Crippen LogP contribution in [0.2, 0.25) is 0 Å². The highest BCUT2D eigenvalue weighted by Crippen LogP contribution is 2.23. The molecule has 3 rings (SSSR count). The summed E-state index contributed by atoms with van der Waals surface area (Å²) >= 11 is 1.47. The fraction of sp³-hybridized carbons (Fsp3) is 0.333. The minimum atomic E-state index is -3.26. The van der Waals surface area contributed by atoms with E-state index in [1.54, 1.807) is 18.2 Å². The van der Waals surface area contributed by atoms with Gasteiger partial charge in [-0.15, -0.1) is 6.58 Å². The third kappa shape index (κ3) is 6.24. The van der Waals surface area contributed by atoms with Crippen LogP contribution in [0.4, 0.5) is 0 Å². The van der Waals surface area contributed by atoms with Gasteiger partial charge in [0.25, 0.3) is 0 Å². The van der Waals surface area contributed by atoms with E-state index in [1.807, 2.05) is 22.8 Å². The van der Waals surface area contributed by atoms with Gasteiger partial charge in [0.2, 0.25) is 5.91 Å². The maximum atomic E-state index is 12.5. The molecule has 1 heterocycles. The Hall–Kier alpha value is -2.51. The van der Waals surface area contributed by atoms with Gasteiger partial charge in [0.1, 0.15) is 0 Å². The van der Waals surface area contributed by atoms with E-state index in [4.69, 9.17) is 0 Å². The van der Waals surface area contributed by atoms with Gasteiger partial charge in [0.15, 0.2) is 14.6 Å². The zero-order chi connectivity index (χ0) is 22.4. The second-order valence-electron chi connectivity index (χ2n) is 7.85. The van der Waals surface area contributed by atoms with Crippen molar-refractivity contribution in [3.05, 3.63) is 77.1 Å². The van der Waals surface area contributed by atoms with Crippen molar-refractivity contribution >= 4 is 37.3 Å². The fourth-order valence-electron chi connectivity index (χ4n) is 3.35. The Morgan fingerprint density at radius 2 is 1.94 bits per heavy atom. The lowest BCUT2D eigenvalue weighted by Crippen LogP contribution is -2.16. The topological polar surface area (TPSA) is 68.5 Å². The van der Waals surface area contributed by atoms with Crippen molar-refractivity contribution in [2.24, 2.45) is 4.99 Å². The van der Waals surface area contributed by atoms with Crippen LogP contribution in [-0.4, -0.2) is 24.6 Å². The third-order valence-electron chi connectivity index (χ3n) is 4.98. The number of rotatable bonds is 9. The molecule has 1 aromatic heterocycles. The molecule has 0 saturated heterocycles. The van der Waals surface area contributed by atoms with Crippen molar-refractivity contribution in [3.63, 3.8) is 0 Å². The lowest BCUT2D eigenvalue weighted by Gasteiger charge is -2.06. The number of carbonyl (C=O) groups is 1. The quantitative estimate of drug-likeness (QED) is 0.433. The molecule has 2 aromatic carbocycles. The van der Waals surface area contributed by atoms with Gasteiger partial charge in [-0.3, -0.25) is 4.79 Å². The molecule has 0 spiro atoms. The monoisotopic (exact) mass is 456 g/mol. The number of benzene rings is 2. The molecule has 0 radical (unpaired) electrons. The number of hydrogen-bond acceptors (Lipinski definition) is 4. The number of carbonyl (C=O) groups excluding carboxylic acids is 1. The molecule has 0 aliphatic carbocycles. The average molecular weight is 457 g/mol. The number of aromatic nitrogens is 1. The number of hydrogen-bond donors (Lipinski definition) is 0. The van der Waals surface area contributed by atoms with Crippen molar-refractivity contribution in [3.8, 4) is 0 Å². The maximum Gasteiger partial charge on any atom is 0.248 e. The van der Waals surface area contributed by atoms with E-state index in [-0.39, 0.29) is 30.3 Å². The summed E-state index contributed by atoms with van der Waals surface area (Å²) in [6.45, 7) is 8.66. The molecule has 164 valence electrons. The summed E-state index contributed by atoms with van der Waals surface area (Å²) in [5, 5.41) is 0. The molecule has 0 aliphatic heterocycles. The van der Waals surface area contributed by atoms with Crippen molar-refractivity contribution in [1.82, 2.24) is 4.57 Å². The van der Waals surface area contributed by atoms with Crippen LogP contribution in [0.15, 0.2) is 66.2 Å². The molecule has 0 atom stereocenters. The van der Waals surface area contributed by atoms with E-state index in [1.165, 1.54) is 16.9 Å². The number of nitrogens with zero attached hydrogens (tertiary/aromatic N) is 2. The largest absolute Gasteiger partial charge is 0.313 e. The highest BCUT2D eigenvalue weighted by molar-refractivity contribution is 7.90. The van der Waals surface area contributed by atoms with Crippen molar-refractivity contribution in [2.75, 3.05) is 5.75 Å². The molecule has 31 heavy (non-hydrogen) atoms. The summed E-state index contributed by atoms with van der Waals surface area (Å²) < 4.78 is 27.7. The number of thiazole rings is 1. The normalized spacial score (nSPS) is 12.5. The predicted molar refractivity (Wildman–Crippen MR) is 128 cm³/mol. The van der Waals surface area contributed by atoms with E-state index in [9.17, 15) is 13.2 Å². The SMILES string of the molecule is C=CCn1c(=NC(=O)CCCS(=O)(=O)Cc2ccccc2)sc2cc(C(C)C)ccc21. The van der Waals surface area contributed by atoms with E-state index in [0.717, 1.165) is 15.8 Å². The third-order valence-corrected chi connectivity index (χ3v) is 7.71. The Morgan fingerprint density at radius 3 is 2.61 bits per heavy atom. The van der Waals surface area contributed by atoms with Gasteiger partial charge in [-0.2, -0.15) is 4.99 Å². The minimum absolute atomic E-state index is 0.00694. The molecule has 0 N–H and O–H groups in total. The van der Waals surface area contributed by atoms with Gasteiger partial charge in [-0.1, -0.05) is 67.7 Å². The zero-order valence-corrected chi connectivity index (χ0v) is 19.6. The summed E-state index contributed by atoms with van der Waals surface area (Å²) in [6, 6.07) is 15.4. The fourth-order valence-corrected chi connectivity index (χ4v) is 5.88. The molecular weight excluding hydrogens is 428 g/mol. The van der Waals surface area contributed by atoms with Gasteiger partial charge >= 0.3 is 0 Å². The molecule has 0 unspecified atom stereocenters. The molecular formula is C24H28N2O3S2. The lowest BCUT2D eigenvalue weighted by atomic mass is 10.0. The lowest BCUT2D eigenvalue weighted by molar-refractivity contribution is -0.118. The highest BCUT2D eigenvalue weighted by Gasteiger charge is 2.14. The van der Waals surface area contributed by atoms with Crippen molar-refractivity contribution in [1.29, 1.82) is 0 Å². The minimum Gasteiger partial charge on any atom is -0.313 e. The van der Waals surface area contributed by atoms with E-state index < -0.39 is 9.84 Å². The molecule has 7 heteroatoms. The standard InChI is InChI=1S/C24H28N2O3S2/c1-4-14-26-21-13-12-20(18(2)3)16-22(21)30-24(26)25-23(27)11-8-15-31(28,29)17-19-9-6-5-7-10-19/h4-7,9-10,12-13,16,18H,1,8,11,14-15,17H2,2-3H3. The first-order valence-corrected chi connectivity index (χ1v) is 13.0. The Balaban J connectivity index is 1.72. The summed E-state index contributed by atoms with van der Waals surface area (Å²) in [6.07, 6.45) is 2.15. The summed E-state index contributed by atoms with van der Waals surface area (Å²) in [7, 11) is -3.26. The van der Waals surface area contributed by atoms with Crippen LogP contribution in [0.1, 0.15) is 43.7 Å². The second-order valence-corrected chi connectivity index (χ2v) is 11.0. The first-order valence-electron chi connectivity index (χ1n) is 10.3. The molecule has 5 nitrogen and oxygen atoms in total. The summed E-state index contributed by atoms with van der Waals surface area (Å²) in [4.78, 5) is 17.4. The maximum absolute atomic E-state index is 12.5. The Labute approximate surface area is 187 Å². The molecule has 0 fully saturated rings. The summed E-state index contributed by atoms with van der Waals surface area (Å²) in [5.74, 6) is 0.0788. The van der Waals surface area contributed by atoms with Crippen LogP contribution in [0.3, 0.4) is 0 Å². The van der Waals surface area contributed by atoms with Crippen molar-refractivity contribution < 1.29 is 13.2 Å². The van der Waals surface area contributed by atoms with Gasteiger partial charge < -0.3 is 4.57 Å². The highest BCUT2D eigenvalue weighted by atomic mass is 32.2. The number of sulfone groups is 1. The van der Waals surface area contributed by atoms with Crippen LogP contribution < -0.4 is 4.80 Å². The molecule has 0 bridgehead atoms. The van der Waals surface area contributed by atoms with Gasteiger partial charge in [-0.05, 0) is 35.6 Å². The Kier molecular flexibility index (Phi) is 7.62. The van der Waals surface area contributed by atoms with Crippen LogP contribution in [0.25, 0.3) is 10.2 Å². The van der Waals surface area contributed by atoms with E-state index >= 15 is 0 Å². The van der Waals surface area contributed by atoms with Crippen LogP contribution in [-0.2, 0) is 26.9 Å². The molecule has 0 saturated carbocycles. The van der Waals surface area contributed by atoms with Gasteiger partial charge in [0, 0.05) is 13.0 Å². The molecule has 3 aromatic rings. The number of fused-ring (bicyclic) bond motifs is 1. The van der Waals surface area contributed by atoms with Crippen molar-refractivity contribution in [2.45, 2.75) is 44.9 Å². The average Bonchev–Trinajstić information content (AvgIpc) is 3.04. The first-order chi connectivity index (χ1) is 14.8. The Bertz CT molecular complexity index is 1240. The number of amides is 1. The van der Waals surface area contributed by atoms with Crippen LogP contribution in [0.5, 0.6) is 0 Å². The first kappa shape index (κ1) is 23.2. The Morgan fingerprint density at radius 1 is 1.19 bits per heavy atom. The van der Waals surface area contributed by atoms with Crippen LogP contribution in [0, 0.1) is 0 Å². The molecule has 0 aliphatic rings.